The average molecular weight is 363 g/mol. The van der Waals surface area contributed by atoms with Crippen molar-refractivity contribution in [3.05, 3.63) is 28.5 Å². The molecule has 1 aromatic carbocycles. The van der Waals surface area contributed by atoms with Gasteiger partial charge in [0.05, 0.1) is 4.47 Å². The standard InChI is InChI=1S/C12H12BrFN2O5/c13-7-5-6(1-2-8(7)14)15-12(21)16-9(11(19)20)3-4-10(17)18/h1-2,5,9H,3-4H2,(H,17,18)(H,19,20)(H2,15,16,21). The molecule has 1 unspecified atom stereocenters. The van der Waals surface area contributed by atoms with E-state index in [9.17, 15) is 18.8 Å². The quantitative estimate of drug-likeness (QED) is 0.617. The lowest BCUT2D eigenvalue weighted by molar-refractivity contribution is -0.140. The molecule has 1 rings (SSSR count). The highest BCUT2D eigenvalue weighted by Crippen LogP contribution is 2.19. The van der Waals surface area contributed by atoms with Gasteiger partial charge in [0.2, 0.25) is 0 Å². The van der Waals surface area contributed by atoms with Gasteiger partial charge in [0.25, 0.3) is 0 Å². The minimum atomic E-state index is -1.34. The molecule has 0 bridgehead atoms. The third kappa shape index (κ3) is 5.78. The molecule has 0 spiro atoms. The number of anilines is 1. The summed E-state index contributed by atoms with van der Waals surface area (Å²) in [6, 6.07) is 1.57. The molecule has 114 valence electrons. The van der Waals surface area contributed by atoms with Gasteiger partial charge in [0.1, 0.15) is 11.9 Å². The lowest BCUT2D eigenvalue weighted by atomic mass is 10.1. The number of aliphatic carboxylic acids is 2. The molecule has 0 radical (unpaired) electrons. The molecule has 0 aliphatic rings. The van der Waals surface area contributed by atoms with Gasteiger partial charge in [-0.05, 0) is 40.5 Å². The smallest absolute Gasteiger partial charge is 0.326 e. The van der Waals surface area contributed by atoms with Crippen LogP contribution in [0.25, 0.3) is 0 Å². The van der Waals surface area contributed by atoms with E-state index in [4.69, 9.17) is 10.2 Å². The molecule has 0 saturated carbocycles. The number of hydrogen-bond acceptors (Lipinski definition) is 3. The van der Waals surface area contributed by atoms with Gasteiger partial charge in [0.15, 0.2) is 0 Å². The second-order valence-corrected chi connectivity index (χ2v) is 4.90. The number of carbonyl (C=O) groups excluding carboxylic acids is 1. The number of nitrogens with one attached hydrogen (secondary N) is 2. The summed E-state index contributed by atoms with van der Waals surface area (Å²) >= 11 is 2.94. The molecule has 1 aromatic rings. The number of carboxylic acid groups (broad SMARTS) is 2. The topological polar surface area (TPSA) is 116 Å². The Kier molecular flexibility index (Phi) is 6.10. The molecule has 0 fully saturated rings. The van der Waals surface area contributed by atoms with Crippen molar-refractivity contribution in [2.45, 2.75) is 18.9 Å². The van der Waals surface area contributed by atoms with E-state index < -0.39 is 29.8 Å². The van der Waals surface area contributed by atoms with Gasteiger partial charge in [-0.2, -0.15) is 0 Å². The fraction of sp³-hybridized carbons (Fsp3) is 0.250. The predicted molar refractivity (Wildman–Crippen MR) is 74.5 cm³/mol. The monoisotopic (exact) mass is 362 g/mol. The second kappa shape index (κ2) is 7.58. The SMILES string of the molecule is O=C(O)CCC(NC(=O)Nc1ccc(F)c(Br)c1)C(=O)O. The van der Waals surface area contributed by atoms with Crippen LogP contribution < -0.4 is 10.6 Å². The van der Waals surface area contributed by atoms with Crippen LogP contribution in [0.1, 0.15) is 12.8 Å². The molecule has 2 amide bonds. The maximum absolute atomic E-state index is 13.0. The Hall–Kier alpha value is -2.16. The minimum Gasteiger partial charge on any atom is -0.481 e. The molecule has 0 saturated heterocycles. The van der Waals surface area contributed by atoms with E-state index in [2.05, 4.69) is 26.6 Å². The van der Waals surface area contributed by atoms with E-state index in [1.165, 1.54) is 12.1 Å². The van der Waals surface area contributed by atoms with Crippen molar-refractivity contribution in [1.29, 1.82) is 0 Å². The summed E-state index contributed by atoms with van der Waals surface area (Å²) in [6.45, 7) is 0. The van der Waals surface area contributed by atoms with Crippen LogP contribution in [-0.4, -0.2) is 34.2 Å². The molecule has 21 heavy (non-hydrogen) atoms. The summed E-state index contributed by atoms with van der Waals surface area (Å²) in [5, 5.41) is 21.9. The summed E-state index contributed by atoms with van der Waals surface area (Å²) < 4.78 is 13.2. The number of halogens is 2. The summed E-state index contributed by atoms with van der Waals surface area (Å²) in [4.78, 5) is 32.9. The zero-order valence-corrected chi connectivity index (χ0v) is 12.2. The number of hydrogen-bond donors (Lipinski definition) is 4. The molecule has 9 heteroatoms. The van der Waals surface area contributed by atoms with E-state index in [1.807, 2.05) is 0 Å². The zero-order chi connectivity index (χ0) is 16.0. The van der Waals surface area contributed by atoms with Crippen molar-refractivity contribution in [2.24, 2.45) is 0 Å². The number of rotatable bonds is 6. The van der Waals surface area contributed by atoms with Crippen LogP contribution in [-0.2, 0) is 9.59 Å². The van der Waals surface area contributed by atoms with Gasteiger partial charge < -0.3 is 20.8 Å². The number of amides is 2. The number of carbonyl (C=O) groups is 3. The van der Waals surface area contributed by atoms with Crippen LogP contribution in [0.2, 0.25) is 0 Å². The second-order valence-electron chi connectivity index (χ2n) is 4.05. The zero-order valence-electron chi connectivity index (χ0n) is 10.6. The Balaban J connectivity index is 2.62. The fourth-order valence-corrected chi connectivity index (χ4v) is 1.80. The van der Waals surface area contributed by atoms with Crippen LogP contribution in [0.5, 0.6) is 0 Å². The highest BCUT2D eigenvalue weighted by atomic mass is 79.9. The predicted octanol–water partition coefficient (Wildman–Crippen LogP) is 2.03. The van der Waals surface area contributed by atoms with E-state index in [0.29, 0.717) is 0 Å². The first-order chi connectivity index (χ1) is 9.79. The molecule has 0 aliphatic heterocycles. The molecular formula is C12H12BrFN2O5. The van der Waals surface area contributed by atoms with Gasteiger partial charge in [-0.15, -0.1) is 0 Å². The summed E-state index contributed by atoms with van der Waals surface area (Å²) in [7, 11) is 0. The maximum atomic E-state index is 13.0. The Bertz CT molecular complexity index is 567. The molecule has 1 atom stereocenters. The Morgan fingerprint density at radius 3 is 2.48 bits per heavy atom. The van der Waals surface area contributed by atoms with Crippen LogP contribution >= 0.6 is 15.9 Å². The highest BCUT2D eigenvalue weighted by molar-refractivity contribution is 9.10. The Morgan fingerprint density at radius 2 is 1.95 bits per heavy atom. The third-order valence-corrected chi connectivity index (χ3v) is 3.04. The van der Waals surface area contributed by atoms with E-state index in [-0.39, 0.29) is 23.0 Å². The molecule has 7 nitrogen and oxygen atoms in total. The maximum Gasteiger partial charge on any atom is 0.326 e. The van der Waals surface area contributed by atoms with Gasteiger partial charge in [-0.1, -0.05) is 0 Å². The van der Waals surface area contributed by atoms with Crippen LogP contribution in [0.15, 0.2) is 22.7 Å². The normalized spacial score (nSPS) is 11.5. The lowest BCUT2D eigenvalue weighted by Gasteiger charge is -2.14. The largest absolute Gasteiger partial charge is 0.481 e. The lowest BCUT2D eigenvalue weighted by Crippen LogP contribution is -2.43. The fourth-order valence-electron chi connectivity index (χ4n) is 1.42. The van der Waals surface area contributed by atoms with E-state index >= 15 is 0 Å². The Labute approximate surface area is 127 Å². The van der Waals surface area contributed by atoms with Gasteiger partial charge >= 0.3 is 18.0 Å². The van der Waals surface area contributed by atoms with Crippen molar-refractivity contribution in [3.8, 4) is 0 Å². The van der Waals surface area contributed by atoms with E-state index in [1.54, 1.807) is 0 Å². The van der Waals surface area contributed by atoms with Gasteiger partial charge in [0, 0.05) is 12.1 Å². The summed E-state index contributed by atoms with van der Waals surface area (Å²) in [5.74, 6) is -3.01. The first-order valence-electron chi connectivity index (χ1n) is 5.76. The molecule has 4 N–H and O–H groups in total. The molecule has 0 aliphatic carbocycles. The van der Waals surface area contributed by atoms with Crippen molar-refractivity contribution >= 4 is 39.6 Å². The number of carboxylic acids is 2. The van der Waals surface area contributed by atoms with Crippen molar-refractivity contribution < 1.29 is 29.0 Å². The van der Waals surface area contributed by atoms with Crippen LogP contribution in [0, 0.1) is 5.82 Å². The third-order valence-electron chi connectivity index (χ3n) is 2.43. The van der Waals surface area contributed by atoms with Crippen LogP contribution in [0.4, 0.5) is 14.9 Å². The molecule has 0 aromatic heterocycles. The van der Waals surface area contributed by atoms with E-state index in [0.717, 1.165) is 6.07 Å². The minimum absolute atomic E-state index is 0.140. The van der Waals surface area contributed by atoms with Gasteiger partial charge in [-0.25, -0.2) is 14.0 Å². The first-order valence-corrected chi connectivity index (χ1v) is 6.56. The molecule has 0 heterocycles. The van der Waals surface area contributed by atoms with Crippen molar-refractivity contribution in [2.75, 3.05) is 5.32 Å². The molecular weight excluding hydrogens is 351 g/mol. The highest BCUT2D eigenvalue weighted by Gasteiger charge is 2.21. The number of urea groups is 1. The van der Waals surface area contributed by atoms with Crippen LogP contribution in [0.3, 0.4) is 0 Å². The first kappa shape index (κ1) is 16.9. The van der Waals surface area contributed by atoms with Gasteiger partial charge in [-0.3, -0.25) is 4.79 Å². The average Bonchev–Trinajstić information content (AvgIpc) is 2.38. The van der Waals surface area contributed by atoms with Crippen molar-refractivity contribution in [1.82, 2.24) is 5.32 Å². The summed E-state index contributed by atoms with van der Waals surface area (Å²) in [5.41, 5.74) is 0.253. The van der Waals surface area contributed by atoms with Crippen molar-refractivity contribution in [3.63, 3.8) is 0 Å². The summed E-state index contributed by atoms with van der Waals surface area (Å²) in [6.07, 6.45) is -0.634. The Morgan fingerprint density at radius 1 is 1.29 bits per heavy atom. The number of benzene rings is 1.